The topological polar surface area (TPSA) is 75.7 Å². The minimum atomic E-state index is -0.463. The molecule has 0 bridgehead atoms. The fourth-order valence-corrected chi connectivity index (χ4v) is 4.49. The van der Waals surface area contributed by atoms with Crippen molar-refractivity contribution >= 4 is 29.5 Å². The fourth-order valence-electron chi connectivity index (χ4n) is 3.34. The Kier molecular flexibility index (Phi) is 4.90. The van der Waals surface area contributed by atoms with Gasteiger partial charge in [-0.3, -0.25) is 9.59 Å². The van der Waals surface area contributed by atoms with Crippen LogP contribution in [-0.2, 0) is 19.1 Å². The maximum atomic E-state index is 12.5. The second-order valence-electron chi connectivity index (χ2n) is 6.24. The summed E-state index contributed by atoms with van der Waals surface area (Å²) in [5.41, 5.74) is 0. The molecule has 1 N–H and O–H groups in total. The molecule has 1 aliphatic carbocycles. The van der Waals surface area contributed by atoms with Crippen molar-refractivity contribution in [3.8, 4) is 0 Å². The molecule has 3 aliphatic rings. The number of nitrogens with zero attached hydrogens (tertiary/aromatic N) is 1. The zero-order valence-corrected chi connectivity index (χ0v) is 13.4. The summed E-state index contributed by atoms with van der Waals surface area (Å²) >= 11 is 1.60. The van der Waals surface area contributed by atoms with E-state index in [2.05, 4.69) is 5.32 Å². The Morgan fingerprint density at radius 3 is 2.73 bits per heavy atom. The molecule has 3 rings (SSSR count). The van der Waals surface area contributed by atoms with E-state index in [0.29, 0.717) is 24.5 Å². The predicted octanol–water partition coefficient (Wildman–Crippen LogP) is 0.900. The molecule has 2 aliphatic heterocycles. The van der Waals surface area contributed by atoms with E-state index in [1.165, 1.54) is 0 Å². The van der Waals surface area contributed by atoms with Crippen LogP contribution in [-0.4, -0.2) is 53.0 Å². The molecule has 6 nitrogen and oxygen atoms in total. The van der Waals surface area contributed by atoms with E-state index in [1.807, 2.05) is 0 Å². The van der Waals surface area contributed by atoms with Crippen LogP contribution in [0.3, 0.4) is 0 Å². The smallest absolute Gasteiger partial charge is 0.329 e. The van der Waals surface area contributed by atoms with Crippen LogP contribution in [0.5, 0.6) is 0 Å². The molecule has 0 aromatic rings. The number of carbonyl (C=O) groups is 3. The molecule has 2 saturated heterocycles. The van der Waals surface area contributed by atoms with Crippen molar-refractivity contribution in [2.75, 3.05) is 18.2 Å². The van der Waals surface area contributed by atoms with Gasteiger partial charge in [0.2, 0.25) is 11.8 Å². The number of rotatable bonds is 4. The van der Waals surface area contributed by atoms with Gasteiger partial charge in [-0.2, -0.15) is 0 Å². The first kappa shape index (κ1) is 15.6. The number of hydrogen-bond acceptors (Lipinski definition) is 5. The number of amides is 2. The molecular weight excluding hydrogens is 304 g/mol. The van der Waals surface area contributed by atoms with E-state index < -0.39 is 6.04 Å². The zero-order valence-electron chi connectivity index (χ0n) is 12.6. The summed E-state index contributed by atoms with van der Waals surface area (Å²) in [6.45, 7) is 0.206. The Morgan fingerprint density at radius 1 is 1.27 bits per heavy atom. The van der Waals surface area contributed by atoms with E-state index in [9.17, 15) is 14.4 Å². The highest BCUT2D eigenvalue weighted by molar-refractivity contribution is 7.99. The average molecular weight is 326 g/mol. The van der Waals surface area contributed by atoms with E-state index >= 15 is 0 Å². The Bertz CT molecular complexity index is 464. The van der Waals surface area contributed by atoms with Crippen molar-refractivity contribution in [1.29, 1.82) is 0 Å². The summed E-state index contributed by atoms with van der Waals surface area (Å²) < 4.78 is 5.34. The first-order valence-electron chi connectivity index (χ1n) is 7.99. The molecule has 3 fully saturated rings. The molecule has 0 radical (unpaired) electrons. The monoisotopic (exact) mass is 326 g/mol. The Balaban J connectivity index is 1.52. The standard InChI is InChI=1S/C15H22N2O4S/c18-13-6-5-11(16-13)7-21-15(20)12-8-22-9-17(12)14(19)10-3-1-2-4-10/h10-12H,1-9H2,(H,16,18)/t11-,12-/m1/s1. The van der Waals surface area contributed by atoms with Gasteiger partial charge in [0.25, 0.3) is 0 Å². The molecule has 0 aromatic heterocycles. The Hall–Kier alpha value is -1.24. The number of carbonyl (C=O) groups excluding carboxylic acids is 3. The lowest BCUT2D eigenvalue weighted by molar-refractivity contribution is -0.154. The first-order valence-corrected chi connectivity index (χ1v) is 9.15. The number of ether oxygens (including phenoxy) is 1. The molecule has 0 aromatic carbocycles. The van der Waals surface area contributed by atoms with Crippen LogP contribution in [0, 0.1) is 5.92 Å². The summed E-state index contributed by atoms with van der Waals surface area (Å²) in [5, 5.41) is 2.78. The Morgan fingerprint density at radius 2 is 2.05 bits per heavy atom. The van der Waals surface area contributed by atoms with Crippen LogP contribution in [0.15, 0.2) is 0 Å². The highest BCUT2D eigenvalue weighted by Gasteiger charge is 2.39. The van der Waals surface area contributed by atoms with Gasteiger partial charge < -0.3 is 15.0 Å². The van der Waals surface area contributed by atoms with Crippen LogP contribution >= 0.6 is 11.8 Å². The SMILES string of the molecule is O=C1CC[C@H](COC(=O)[C@H]2CSCN2C(=O)C2CCCC2)N1. The van der Waals surface area contributed by atoms with E-state index in [4.69, 9.17) is 4.74 Å². The van der Waals surface area contributed by atoms with Crippen LogP contribution in [0.25, 0.3) is 0 Å². The van der Waals surface area contributed by atoms with Gasteiger partial charge in [-0.25, -0.2) is 4.79 Å². The third-order valence-corrected chi connectivity index (χ3v) is 5.67. The summed E-state index contributed by atoms with van der Waals surface area (Å²) in [6, 6.07) is -0.542. The molecule has 2 amide bonds. The lowest BCUT2D eigenvalue weighted by Crippen LogP contribution is -2.45. The van der Waals surface area contributed by atoms with Crippen molar-refractivity contribution in [3.05, 3.63) is 0 Å². The Labute approximate surface area is 134 Å². The lowest BCUT2D eigenvalue weighted by atomic mass is 10.1. The van der Waals surface area contributed by atoms with Crippen molar-refractivity contribution in [2.24, 2.45) is 5.92 Å². The number of nitrogens with one attached hydrogen (secondary N) is 1. The molecule has 2 atom stereocenters. The highest BCUT2D eigenvalue weighted by atomic mass is 32.2. The average Bonchev–Trinajstić information content (AvgIpc) is 3.25. The second-order valence-corrected chi connectivity index (χ2v) is 7.24. The van der Waals surface area contributed by atoms with Crippen molar-refractivity contribution < 1.29 is 19.1 Å². The summed E-state index contributed by atoms with van der Waals surface area (Å²) in [6.07, 6.45) is 5.29. The lowest BCUT2D eigenvalue weighted by Gasteiger charge is -2.25. The van der Waals surface area contributed by atoms with Crippen LogP contribution < -0.4 is 5.32 Å². The van der Waals surface area contributed by atoms with Gasteiger partial charge in [-0.05, 0) is 19.3 Å². The predicted molar refractivity (Wildman–Crippen MR) is 82.0 cm³/mol. The quantitative estimate of drug-likeness (QED) is 0.777. The summed E-state index contributed by atoms with van der Waals surface area (Å²) in [4.78, 5) is 37.6. The molecule has 0 unspecified atom stereocenters. The molecule has 1 saturated carbocycles. The number of thioether (sulfide) groups is 1. The number of hydrogen-bond donors (Lipinski definition) is 1. The molecule has 7 heteroatoms. The third-order valence-electron chi connectivity index (χ3n) is 4.65. The zero-order chi connectivity index (χ0) is 15.5. The molecule has 22 heavy (non-hydrogen) atoms. The molecular formula is C15H22N2O4S. The molecule has 122 valence electrons. The minimum absolute atomic E-state index is 0.00973. The van der Waals surface area contributed by atoms with Gasteiger partial charge in [0.05, 0.1) is 11.9 Å². The van der Waals surface area contributed by atoms with Crippen LogP contribution in [0.4, 0.5) is 0 Å². The van der Waals surface area contributed by atoms with E-state index in [-0.39, 0.29) is 36.4 Å². The first-order chi connectivity index (χ1) is 10.6. The van der Waals surface area contributed by atoms with Gasteiger partial charge in [0, 0.05) is 18.1 Å². The van der Waals surface area contributed by atoms with Crippen molar-refractivity contribution in [1.82, 2.24) is 10.2 Å². The summed E-state index contributed by atoms with van der Waals surface area (Å²) in [7, 11) is 0. The van der Waals surface area contributed by atoms with Crippen molar-refractivity contribution in [3.63, 3.8) is 0 Å². The second kappa shape index (κ2) is 6.89. The maximum Gasteiger partial charge on any atom is 0.329 e. The van der Waals surface area contributed by atoms with E-state index in [1.54, 1.807) is 16.7 Å². The van der Waals surface area contributed by atoms with E-state index in [0.717, 1.165) is 25.7 Å². The minimum Gasteiger partial charge on any atom is -0.462 e. The highest BCUT2D eigenvalue weighted by Crippen LogP contribution is 2.31. The van der Waals surface area contributed by atoms with Gasteiger partial charge in [-0.15, -0.1) is 11.8 Å². The molecule has 2 heterocycles. The largest absolute Gasteiger partial charge is 0.462 e. The summed E-state index contributed by atoms with van der Waals surface area (Å²) in [5.74, 6) is 1.05. The third kappa shape index (κ3) is 3.39. The van der Waals surface area contributed by atoms with Gasteiger partial charge >= 0.3 is 5.97 Å². The van der Waals surface area contributed by atoms with Crippen LogP contribution in [0.2, 0.25) is 0 Å². The molecule has 0 spiro atoms. The van der Waals surface area contributed by atoms with Gasteiger partial charge in [0.1, 0.15) is 12.6 Å². The number of esters is 1. The maximum absolute atomic E-state index is 12.5. The fraction of sp³-hybridized carbons (Fsp3) is 0.800. The van der Waals surface area contributed by atoms with Gasteiger partial charge in [0.15, 0.2) is 0 Å². The normalized spacial score (nSPS) is 28.9. The van der Waals surface area contributed by atoms with Crippen molar-refractivity contribution in [2.45, 2.75) is 50.6 Å². The van der Waals surface area contributed by atoms with Gasteiger partial charge in [-0.1, -0.05) is 12.8 Å². The van der Waals surface area contributed by atoms with Crippen LogP contribution in [0.1, 0.15) is 38.5 Å².